The van der Waals surface area contributed by atoms with Crippen LogP contribution in [0, 0.1) is 16.7 Å². The summed E-state index contributed by atoms with van der Waals surface area (Å²) in [6.45, 7) is 7.42. The fourth-order valence-electron chi connectivity index (χ4n) is 4.56. The molecule has 2 rings (SSSR count). The summed E-state index contributed by atoms with van der Waals surface area (Å²) in [7, 11) is 4.50. The summed E-state index contributed by atoms with van der Waals surface area (Å²) >= 11 is 0. The lowest BCUT2D eigenvalue weighted by Gasteiger charge is -2.46. The van der Waals surface area contributed by atoms with Crippen molar-refractivity contribution >= 4 is 0 Å². The Morgan fingerprint density at radius 3 is 2.08 bits per heavy atom. The van der Waals surface area contributed by atoms with Gasteiger partial charge in [0, 0.05) is 6.04 Å². The van der Waals surface area contributed by atoms with E-state index in [1.165, 1.54) is 19.3 Å². The lowest BCUT2D eigenvalue weighted by atomic mass is 9.68. The van der Waals surface area contributed by atoms with E-state index in [9.17, 15) is 0 Å². The summed E-state index contributed by atoms with van der Waals surface area (Å²) in [4.78, 5) is 2.46. The molecule has 2 saturated carbocycles. The van der Waals surface area contributed by atoms with Crippen LogP contribution in [0.2, 0.25) is 0 Å². The molecular formula is C12H23N. The van der Waals surface area contributed by atoms with E-state index < -0.39 is 0 Å². The van der Waals surface area contributed by atoms with Crippen LogP contribution in [0.3, 0.4) is 0 Å². The topological polar surface area (TPSA) is 3.24 Å². The number of hydrogen-bond donors (Lipinski definition) is 0. The van der Waals surface area contributed by atoms with Gasteiger partial charge in [-0.05, 0) is 50.1 Å². The zero-order chi connectivity index (χ0) is 9.85. The molecule has 3 atom stereocenters. The van der Waals surface area contributed by atoms with Crippen molar-refractivity contribution in [1.82, 2.24) is 4.90 Å². The van der Waals surface area contributed by atoms with Gasteiger partial charge in [-0.2, -0.15) is 0 Å². The first-order valence-electron chi connectivity index (χ1n) is 5.54. The van der Waals surface area contributed by atoms with E-state index in [1.54, 1.807) is 0 Å². The lowest BCUT2D eigenvalue weighted by molar-refractivity contribution is 0.0348. The van der Waals surface area contributed by atoms with E-state index in [2.05, 4.69) is 39.8 Å². The minimum absolute atomic E-state index is 0.538. The first-order valence-corrected chi connectivity index (χ1v) is 5.54. The van der Waals surface area contributed by atoms with Gasteiger partial charge in [0.25, 0.3) is 0 Å². The van der Waals surface area contributed by atoms with Gasteiger partial charge < -0.3 is 4.90 Å². The monoisotopic (exact) mass is 181 g/mol. The smallest absolute Gasteiger partial charge is 0.0197 e. The number of nitrogens with zero attached hydrogens (tertiary/aromatic N) is 1. The number of fused-ring (bicyclic) bond motifs is 2. The molecule has 0 saturated heterocycles. The molecular weight excluding hydrogens is 158 g/mol. The van der Waals surface area contributed by atoms with Crippen molar-refractivity contribution in [2.75, 3.05) is 14.1 Å². The van der Waals surface area contributed by atoms with Crippen molar-refractivity contribution in [1.29, 1.82) is 0 Å². The molecule has 2 aliphatic rings. The highest BCUT2D eigenvalue weighted by Gasteiger charge is 2.59. The fraction of sp³-hybridized carbons (Fsp3) is 1.00. The molecule has 0 aliphatic heterocycles. The highest BCUT2D eigenvalue weighted by atomic mass is 15.1. The molecule has 0 amide bonds. The average Bonchev–Trinajstić information content (AvgIpc) is 2.36. The van der Waals surface area contributed by atoms with Crippen LogP contribution in [0.1, 0.15) is 40.0 Å². The van der Waals surface area contributed by atoms with E-state index in [4.69, 9.17) is 0 Å². The molecule has 76 valence electrons. The fourth-order valence-corrected chi connectivity index (χ4v) is 4.56. The molecule has 2 fully saturated rings. The lowest BCUT2D eigenvalue weighted by Crippen LogP contribution is -2.49. The standard InChI is InChI=1S/C12H23N/c1-11(2)9-6-7-12(3,8-9)10(11)13(4)5/h9-10H,6-8H2,1-5H3/t9-,10+,12+/m0/s1. The van der Waals surface area contributed by atoms with Crippen molar-refractivity contribution in [2.45, 2.75) is 46.1 Å². The van der Waals surface area contributed by atoms with Crippen LogP contribution in [-0.2, 0) is 0 Å². The minimum Gasteiger partial charge on any atom is -0.305 e. The van der Waals surface area contributed by atoms with Crippen LogP contribution in [0.4, 0.5) is 0 Å². The normalized spacial score (nSPS) is 47.5. The van der Waals surface area contributed by atoms with Crippen LogP contribution in [0.15, 0.2) is 0 Å². The Balaban J connectivity index is 2.34. The molecule has 2 aliphatic carbocycles. The highest BCUT2D eigenvalue weighted by molar-refractivity contribution is 5.11. The van der Waals surface area contributed by atoms with Crippen molar-refractivity contribution < 1.29 is 0 Å². The molecule has 0 aromatic heterocycles. The van der Waals surface area contributed by atoms with Gasteiger partial charge in [0.2, 0.25) is 0 Å². The molecule has 0 aromatic rings. The SMILES string of the molecule is CN(C)[C@@H]1C(C)(C)[C@H]2CC[C@]1(C)C2. The maximum absolute atomic E-state index is 2.49. The second kappa shape index (κ2) is 2.50. The molecule has 0 radical (unpaired) electrons. The van der Waals surface area contributed by atoms with E-state index in [-0.39, 0.29) is 0 Å². The quantitative estimate of drug-likeness (QED) is 0.601. The Kier molecular flexibility index (Phi) is 1.83. The van der Waals surface area contributed by atoms with E-state index in [1.807, 2.05) is 0 Å². The summed E-state index contributed by atoms with van der Waals surface area (Å²) in [5, 5.41) is 0. The van der Waals surface area contributed by atoms with Crippen LogP contribution in [-0.4, -0.2) is 25.0 Å². The molecule has 1 nitrogen and oxygen atoms in total. The van der Waals surface area contributed by atoms with Crippen LogP contribution in [0.5, 0.6) is 0 Å². The summed E-state index contributed by atoms with van der Waals surface area (Å²) < 4.78 is 0. The summed E-state index contributed by atoms with van der Waals surface area (Å²) in [6, 6.07) is 0.791. The summed E-state index contributed by atoms with van der Waals surface area (Å²) in [5.74, 6) is 0.977. The van der Waals surface area contributed by atoms with Crippen molar-refractivity contribution in [3.05, 3.63) is 0 Å². The van der Waals surface area contributed by atoms with Gasteiger partial charge in [0.15, 0.2) is 0 Å². The van der Waals surface area contributed by atoms with E-state index >= 15 is 0 Å². The van der Waals surface area contributed by atoms with Crippen LogP contribution >= 0.6 is 0 Å². The largest absolute Gasteiger partial charge is 0.305 e. The first-order chi connectivity index (χ1) is 5.88. The summed E-state index contributed by atoms with van der Waals surface area (Å²) in [6.07, 6.45) is 4.38. The Morgan fingerprint density at radius 1 is 1.15 bits per heavy atom. The molecule has 0 unspecified atom stereocenters. The van der Waals surface area contributed by atoms with Gasteiger partial charge >= 0.3 is 0 Å². The van der Waals surface area contributed by atoms with Gasteiger partial charge in [-0.15, -0.1) is 0 Å². The molecule has 0 spiro atoms. The predicted octanol–water partition coefficient (Wildman–Crippen LogP) is 2.76. The van der Waals surface area contributed by atoms with Crippen LogP contribution < -0.4 is 0 Å². The number of rotatable bonds is 1. The van der Waals surface area contributed by atoms with Crippen molar-refractivity contribution in [3.63, 3.8) is 0 Å². The van der Waals surface area contributed by atoms with Crippen molar-refractivity contribution in [2.24, 2.45) is 16.7 Å². The van der Waals surface area contributed by atoms with Gasteiger partial charge in [-0.3, -0.25) is 0 Å². The Morgan fingerprint density at radius 2 is 1.77 bits per heavy atom. The van der Waals surface area contributed by atoms with Gasteiger partial charge in [0.05, 0.1) is 0 Å². The van der Waals surface area contributed by atoms with Gasteiger partial charge in [-0.25, -0.2) is 0 Å². The second-order valence-electron chi connectivity index (χ2n) is 6.28. The molecule has 0 N–H and O–H groups in total. The van der Waals surface area contributed by atoms with Gasteiger partial charge in [0.1, 0.15) is 0 Å². The zero-order valence-electron chi connectivity index (χ0n) is 9.72. The predicted molar refractivity (Wildman–Crippen MR) is 56.7 cm³/mol. The Hall–Kier alpha value is -0.0400. The zero-order valence-corrected chi connectivity index (χ0v) is 9.72. The minimum atomic E-state index is 0.538. The highest BCUT2D eigenvalue weighted by Crippen LogP contribution is 2.63. The molecule has 0 heterocycles. The third-order valence-corrected chi connectivity index (χ3v) is 4.71. The molecule has 13 heavy (non-hydrogen) atoms. The number of hydrogen-bond acceptors (Lipinski definition) is 1. The molecule has 0 aromatic carbocycles. The second-order valence-corrected chi connectivity index (χ2v) is 6.28. The first kappa shape index (κ1) is 9.51. The molecule has 2 bridgehead atoms. The maximum atomic E-state index is 2.49. The van der Waals surface area contributed by atoms with Gasteiger partial charge in [-0.1, -0.05) is 20.8 Å². The van der Waals surface area contributed by atoms with Crippen LogP contribution in [0.25, 0.3) is 0 Å². The van der Waals surface area contributed by atoms with E-state index in [0.717, 1.165) is 12.0 Å². The average molecular weight is 181 g/mol. The third-order valence-electron chi connectivity index (χ3n) is 4.71. The Bertz CT molecular complexity index is 214. The third kappa shape index (κ3) is 1.09. The van der Waals surface area contributed by atoms with Crippen molar-refractivity contribution in [3.8, 4) is 0 Å². The maximum Gasteiger partial charge on any atom is 0.0197 e. The molecule has 1 heteroatoms. The Labute approximate surface area is 82.5 Å². The van der Waals surface area contributed by atoms with E-state index in [0.29, 0.717) is 10.8 Å². The summed E-state index contributed by atoms with van der Waals surface area (Å²) in [5.41, 5.74) is 1.15.